The summed E-state index contributed by atoms with van der Waals surface area (Å²) in [5, 5.41) is 0.813. The van der Waals surface area contributed by atoms with Crippen molar-refractivity contribution in [1.82, 2.24) is 9.38 Å². The fourth-order valence-corrected chi connectivity index (χ4v) is 1.79. The van der Waals surface area contributed by atoms with Gasteiger partial charge >= 0.3 is 5.97 Å². The predicted molar refractivity (Wildman–Crippen MR) is 56.6 cm³/mol. The standard InChI is InChI=1S/C9H6Cl2N2O2/c1-15-9(14)7-3-12-8-6(11)2-5(10)4-13(7)8/h2-4H,1H3. The van der Waals surface area contributed by atoms with Crippen molar-refractivity contribution < 1.29 is 9.53 Å². The SMILES string of the molecule is COC(=O)c1cnc2c(Cl)cc(Cl)cn12. The first kappa shape index (κ1) is 10.3. The van der Waals surface area contributed by atoms with Gasteiger partial charge in [-0.1, -0.05) is 23.2 Å². The average molecular weight is 245 g/mol. The van der Waals surface area contributed by atoms with Gasteiger partial charge in [-0.05, 0) is 6.07 Å². The van der Waals surface area contributed by atoms with Crippen molar-refractivity contribution in [3.8, 4) is 0 Å². The monoisotopic (exact) mass is 244 g/mol. The van der Waals surface area contributed by atoms with Gasteiger partial charge in [-0.15, -0.1) is 0 Å². The molecule has 0 bridgehead atoms. The zero-order valence-electron chi connectivity index (χ0n) is 7.70. The van der Waals surface area contributed by atoms with Crippen LogP contribution in [0.4, 0.5) is 0 Å². The van der Waals surface area contributed by atoms with Crippen LogP contribution in [-0.4, -0.2) is 22.5 Å². The quantitative estimate of drug-likeness (QED) is 0.724. The number of fused-ring (bicyclic) bond motifs is 1. The minimum absolute atomic E-state index is 0.289. The molecule has 0 fully saturated rings. The number of ether oxygens (including phenoxy) is 1. The summed E-state index contributed by atoms with van der Waals surface area (Å²) >= 11 is 11.7. The van der Waals surface area contributed by atoms with E-state index in [2.05, 4.69) is 9.72 Å². The Hall–Kier alpha value is -1.26. The summed E-state index contributed by atoms with van der Waals surface area (Å²) < 4.78 is 6.09. The molecule has 78 valence electrons. The first-order valence-corrected chi connectivity index (χ1v) is 4.79. The second kappa shape index (κ2) is 3.72. The molecule has 2 rings (SSSR count). The fraction of sp³-hybridized carbons (Fsp3) is 0.111. The van der Waals surface area contributed by atoms with Crippen LogP contribution in [0.15, 0.2) is 18.5 Å². The number of pyridine rings is 1. The van der Waals surface area contributed by atoms with Gasteiger partial charge in [0.1, 0.15) is 0 Å². The van der Waals surface area contributed by atoms with Crippen molar-refractivity contribution in [1.29, 1.82) is 0 Å². The Balaban J connectivity index is 2.74. The molecule has 2 aromatic rings. The smallest absolute Gasteiger partial charge is 0.356 e. The summed E-state index contributed by atoms with van der Waals surface area (Å²) in [6, 6.07) is 1.56. The lowest BCUT2D eigenvalue weighted by Crippen LogP contribution is -2.05. The molecule has 0 radical (unpaired) electrons. The molecule has 0 saturated carbocycles. The normalized spacial score (nSPS) is 10.6. The van der Waals surface area contributed by atoms with Crippen LogP contribution in [0, 0.1) is 0 Å². The summed E-state index contributed by atoms with van der Waals surface area (Å²) in [5.74, 6) is -0.485. The number of aromatic nitrogens is 2. The van der Waals surface area contributed by atoms with Crippen molar-refractivity contribution in [2.75, 3.05) is 7.11 Å². The van der Waals surface area contributed by atoms with Gasteiger partial charge in [0.25, 0.3) is 0 Å². The van der Waals surface area contributed by atoms with Crippen LogP contribution in [0.5, 0.6) is 0 Å². The fourth-order valence-electron chi connectivity index (χ4n) is 1.27. The highest BCUT2D eigenvalue weighted by molar-refractivity contribution is 6.36. The van der Waals surface area contributed by atoms with E-state index in [1.54, 1.807) is 12.3 Å². The average Bonchev–Trinajstić information content (AvgIpc) is 2.60. The zero-order valence-corrected chi connectivity index (χ0v) is 9.21. The number of nitrogens with zero attached hydrogens (tertiary/aromatic N) is 2. The molecule has 0 N–H and O–H groups in total. The zero-order chi connectivity index (χ0) is 11.0. The molecule has 2 aromatic heterocycles. The van der Waals surface area contributed by atoms with Gasteiger partial charge in [0, 0.05) is 6.20 Å². The number of esters is 1. The molecule has 0 atom stereocenters. The Morgan fingerprint density at radius 1 is 1.53 bits per heavy atom. The number of methoxy groups -OCH3 is 1. The third kappa shape index (κ3) is 1.66. The third-order valence-electron chi connectivity index (χ3n) is 1.92. The first-order chi connectivity index (χ1) is 7.13. The Bertz CT molecular complexity index is 536. The van der Waals surface area contributed by atoms with E-state index < -0.39 is 5.97 Å². The van der Waals surface area contributed by atoms with Crippen molar-refractivity contribution >= 4 is 34.8 Å². The number of halogens is 2. The van der Waals surface area contributed by atoms with E-state index in [0.29, 0.717) is 15.7 Å². The van der Waals surface area contributed by atoms with Gasteiger partial charge in [-0.25, -0.2) is 9.78 Å². The van der Waals surface area contributed by atoms with Gasteiger partial charge in [-0.2, -0.15) is 0 Å². The first-order valence-electron chi connectivity index (χ1n) is 4.04. The number of carbonyl (C=O) groups excluding carboxylic acids is 1. The molecule has 15 heavy (non-hydrogen) atoms. The van der Waals surface area contributed by atoms with Crippen LogP contribution in [0.25, 0.3) is 5.65 Å². The number of imidazole rings is 1. The van der Waals surface area contributed by atoms with E-state index in [1.165, 1.54) is 17.7 Å². The molecule has 0 unspecified atom stereocenters. The Morgan fingerprint density at radius 3 is 2.93 bits per heavy atom. The minimum Gasteiger partial charge on any atom is -0.464 e. The predicted octanol–water partition coefficient (Wildman–Crippen LogP) is 2.43. The summed E-state index contributed by atoms with van der Waals surface area (Å²) in [7, 11) is 1.30. The number of hydrogen-bond acceptors (Lipinski definition) is 3. The topological polar surface area (TPSA) is 43.6 Å². The summed E-state index contributed by atoms with van der Waals surface area (Å²) in [5.41, 5.74) is 0.762. The molecular formula is C9H6Cl2N2O2. The maximum absolute atomic E-state index is 11.3. The lowest BCUT2D eigenvalue weighted by molar-refractivity contribution is 0.0593. The van der Waals surface area contributed by atoms with E-state index in [0.717, 1.165) is 0 Å². The van der Waals surface area contributed by atoms with Crippen molar-refractivity contribution in [2.24, 2.45) is 0 Å². The van der Waals surface area contributed by atoms with Crippen LogP contribution in [0.3, 0.4) is 0 Å². The second-order valence-corrected chi connectivity index (χ2v) is 3.68. The number of rotatable bonds is 1. The van der Waals surface area contributed by atoms with Gasteiger partial charge < -0.3 is 4.74 Å². The highest BCUT2D eigenvalue weighted by Gasteiger charge is 2.14. The number of hydrogen-bond donors (Lipinski definition) is 0. The van der Waals surface area contributed by atoms with Crippen molar-refractivity contribution in [2.45, 2.75) is 0 Å². The Kier molecular flexibility index (Phi) is 2.54. The molecule has 0 aromatic carbocycles. The van der Waals surface area contributed by atoms with Gasteiger partial charge in [-0.3, -0.25) is 4.40 Å². The Morgan fingerprint density at radius 2 is 2.27 bits per heavy atom. The van der Waals surface area contributed by atoms with E-state index in [4.69, 9.17) is 23.2 Å². The highest BCUT2D eigenvalue weighted by Crippen LogP contribution is 2.22. The molecule has 0 aliphatic carbocycles. The minimum atomic E-state index is -0.485. The van der Waals surface area contributed by atoms with Crippen LogP contribution in [0.1, 0.15) is 10.5 Å². The largest absolute Gasteiger partial charge is 0.464 e. The van der Waals surface area contributed by atoms with Gasteiger partial charge in [0.2, 0.25) is 0 Å². The van der Waals surface area contributed by atoms with Crippen LogP contribution >= 0.6 is 23.2 Å². The van der Waals surface area contributed by atoms with Crippen molar-refractivity contribution in [3.63, 3.8) is 0 Å². The third-order valence-corrected chi connectivity index (χ3v) is 2.41. The summed E-state index contributed by atoms with van der Waals surface area (Å²) in [6.45, 7) is 0. The second-order valence-electron chi connectivity index (χ2n) is 2.83. The highest BCUT2D eigenvalue weighted by atomic mass is 35.5. The summed E-state index contributed by atoms with van der Waals surface area (Å²) in [6.07, 6.45) is 2.95. The molecule has 6 heteroatoms. The molecule has 2 heterocycles. The molecule has 0 amide bonds. The van der Waals surface area contributed by atoms with Gasteiger partial charge in [0.15, 0.2) is 11.3 Å². The number of carbonyl (C=O) groups is 1. The maximum Gasteiger partial charge on any atom is 0.356 e. The lowest BCUT2D eigenvalue weighted by atomic mass is 10.4. The molecule has 0 aliphatic rings. The molecule has 0 aliphatic heterocycles. The molecular weight excluding hydrogens is 239 g/mol. The molecule has 0 spiro atoms. The van der Waals surface area contributed by atoms with Crippen LogP contribution in [-0.2, 0) is 4.74 Å². The van der Waals surface area contributed by atoms with Crippen LogP contribution < -0.4 is 0 Å². The van der Waals surface area contributed by atoms with E-state index >= 15 is 0 Å². The Labute approximate surface area is 95.4 Å². The lowest BCUT2D eigenvalue weighted by Gasteiger charge is -2.01. The van der Waals surface area contributed by atoms with E-state index in [1.807, 2.05) is 0 Å². The van der Waals surface area contributed by atoms with Crippen molar-refractivity contribution in [3.05, 3.63) is 34.2 Å². The molecule has 4 nitrogen and oxygen atoms in total. The van der Waals surface area contributed by atoms with Crippen LogP contribution in [0.2, 0.25) is 10.0 Å². The van der Waals surface area contributed by atoms with E-state index in [9.17, 15) is 4.79 Å². The molecule has 0 saturated heterocycles. The van der Waals surface area contributed by atoms with Gasteiger partial charge in [0.05, 0.1) is 23.4 Å². The maximum atomic E-state index is 11.3. The van der Waals surface area contributed by atoms with E-state index in [-0.39, 0.29) is 5.69 Å². The summed E-state index contributed by atoms with van der Waals surface area (Å²) in [4.78, 5) is 15.3.